The number of ether oxygens (including phenoxy) is 1. The second-order valence-corrected chi connectivity index (χ2v) is 7.04. The molecule has 2 aromatic rings. The van der Waals surface area contributed by atoms with Gasteiger partial charge in [0.05, 0.1) is 5.56 Å². The predicted octanol–water partition coefficient (Wildman–Crippen LogP) is 4.02. The van der Waals surface area contributed by atoms with E-state index in [2.05, 4.69) is 10.7 Å². The van der Waals surface area contributed by atoms with Crippen LogP contribution in [0.5, 0.6) is 5.75 Å². The average Bonchev–Trinajstić information content (AvgIpc) is 2.63. The Morgan fingerprint density at radius 3 is 2.63 bits per heavy atom. The first-order valence-electron chi connectivity index (χ1n) is 8.47. The third-order valence-electron chi connectivity index (χ3n) is 4.19. The molecule has 0 bridgehead atoms. The smallest absolute Gasteiger partial charge is 0.276 e. The van der Waals surface area contributed by atoms with E-state index < -0.39 is 5.91 Å². The summed E-state index contributed by atoms with van der Waals surface area (Å²) in [6.45, 7) is 3.52. The molecule has 0 spiro atoms. The van der Waals surface area contributed by atoms with Crippen LogP contribution >= 0.6 is 23.2 Å². The number of hydrogen-bond acceptors (Lipinski definition) is 4. The summed E-state index contributed by atoms with van der Waals surface area (Å²) in [4.78, 5) is 25.1. The van der Waals surface area contributed by atoms with Gasteiger partial charge in [0.1, 0.15) is 11.9 Å². The Bertz CT molecular complexity index is 888. The molecule has 2 N–H and O–H groups in total. The van der Waals surface area contributed by atoms with Crippen LogP contribution in [0.3, 0.4) is 0 Å². The molecule has 8 heteroatoms. The maximum atomic E-state index is 12.8. The third-order valence-corrected chi connectivity index (χ3v) is 4.66. The van der Waals surface area contributed by atoms with Crippen LogP contribution in [0.25, 0.3) is 0 Å². The van der Waals surface area contributed by atoms with Crippen molar-refractivity contribution in [3.8, 4) is 5.75 Å². The Kier molecular flexibility index (Phi) is 5.77. The van der Waals surface area contributed by atoms with Crippen molar-refractivity contribution in [2.45, 2.75) is 26.4 Å². The zero-order valence-electron chi connectivity index (χ0n) is 14.9. The minimum atomic E-state index is -0.441. The van der Waals surface area contributed by atoms with Crippen LogP contribution < -0.4 is 15.5 Å². The quantitative estimate of drug-likeness (QED) is 0.784. The van der Waals surface area contributed by atoms with E-state index in [1.165, 1.54) is 5.01 Å². The Labute approximate surface area is 167 Å². The van der Waals surface area contributed by atoms with Gasteiger partial charge >= 0.3 is 0 Å². The Morgan fingerprint density at radius 2 is 1.93 bits per heavy atom. The zero-order valence-corrected chi connectivity index (χ0v) is 16.4. The van der Waals surface area contributed by atoms with Gasteiger partial charge in [-0.25, -0.2) is 5.01 Å². The van der Waals surface area contributed by atoms with E-state index in [1.807, 2.05) is 13.8 Å². The number of nitrogens with one attached hydrogen (secondary N) is 2. The fourth-order valence-electron chi connectivity index (χ4n) is 2.83. The highest BCUT2D eigenvalue weighted by Gasteiger charge is 2.32. The topological polar surface area (TPSA) is 70.7 Å². The second-order valence-electron chi connectivity index (χ2n) is 6.17. The van der Waals surface area contributed by atoms with E-state index in [0.29, 0.717) is 33.5 Å². The van der Waals surface area contributed by atoms with Crippen molar-refractivity contribution < 1.29 is 14.3 Å². The number of hydrogen-bond donors (Lipinski definition) is 2. The maximum Gasteiger partial charge on any atom is 0.276 e. The molecule has 0 fully saturated rings. The number of benzene rings is 2. The van der Waals surface area contributed by atoms with Crippen LogP contribution in [0.2, 0.25) is 10.0 Å². The highest BCUT2D eigenvalue weighted by molar-refractivity contribution is 6.31. The van der Waals surface area contributed by atoms with Crippen molar-refractivity contribution in [2.24, 2.45) is 0 Å². The summed E-state index contributed by atoms with van der Waals surface area (Å²) in [7, 11) is 0. The van der Waals surface area contributed by atoms with Gasteiger partial charge in [-0.05, 0) is 55.3 Å². The van der Waals surface area contributed by atoms with Crippen molar-refractivity contribution in [1.29, 1.82) is 0 Å². The number of amides is 2. The number of carbonyl (C=O) groups is 2. The first-order valence-corrected chi connectivity index (χ1v) is 9.22. The van der Waals surface area contributed by atoms with E-state index in [9.17, 15) is 9.59 Å². The molecule has 2 aromatic carbocycles. The zero-order chi connectivity index (χ0) is 19.6. The molecule has 0 radical (unpaired) electrons. The van der Waals surface area contributed by atoms with E-state index >= 15 is 0 Å². The molecular weight excluding hydrogens is 389 g/mol. The minimum Gasteiger partial charge on any atom is -0.483 e. The van der Waals surface area contributed by atoms with E-state index in [0.717, 1.165) is 5.56 Å². The normalized spacial score (nSPS) is 15.8. The Hall–Kier alpha value is -2.44. The van der Waals surface area contributed by atoms with E-state index in [1.54, 1.807) is 36.4 Å². The first kappa shape index (κ1) is 19.3. The Morgan fingerprint density at radius 1 is 1.22 bits per heavy atom. The molecule has 142 valence electrons. The molecule has 0 aliphatic carbocycles. The molecule has 0 aromatic heterocycles. The third kappa shape index (κ3) is 4.28. The lowest BCUT2D eigenvalue weighted by Gasteiger charge is -2.37. The summed E-state index contributed by atoms with van der Waals surface area (Å²) < 4.78 is 5.54. The average molecular weight is 408 g/mol. The van der Waals surface area contributed by atoms with Gasteiger partial charge < -0.3 is 10.1 Å². The monoisotopic (exact) mass is 407 g/mol. The van der Waals surface area contributed by atoms with Crippen LogP contribution in [-0.4, -0.2) is 29.6 Å². The van der Waals surface area contributed by atoms with Gasteiger partial charge in [-0.3, -0.25) is 15.0 Å². The van der Waals surface area contributed by atoms with Gasteiger partial charge in [0.2, 0.25) is 0 Å². The minimum absolute atomic E-state index is 0.231. The van der Waals surface area contributed by atoms with Gasteiger partial charge in [0.25, 0.3) is 11.8 Å². The number of anilines is 1. The Balaban J connectivity index is 1.69. The van der Waals surface area contributed by atoms with E-state index in [-0.39, 0.29) is 18.7 Å². The molecule has 3 rings (SSSR count). The van der Waals surface area contributed by atoms with Crippen molar-refractivity contribution >= 4 is 40.7 Å². The van der Waals surface area contributed by atoms with Crippen molar-refractivity contribution in [1.82, 2.24) is 10.4 Å². The number of fused-ring (bicyclic) bond motifs is 1. The van der Waals surface area contributed by atoms with Crippen LogP contribution in [0.15, 0.2) is 36.4 Å². The standard InChI is InChI=1S/C19H19Cl2N3O3/c1-3-17-22-15-6-4-13(21)9-14(15)19(26)24(17)23-18(25)10-27-16-7-5-12(20)8-11(16)2/h4-9,17,22H,3,10H2,1-2H3,(H,23,25). The van der Waals surface area contributed by atoms with Crippen molar-refractivity contribution in [3.05, 3.63) is 57.6 Å². The second kappa shape index (κ2) is 8.06. The molecule has 1 unspecified atom stereocenters. The fourth-order valence-corrected chi connectivity index (χ4v) is 3.23. The lowest BCUT2D eigenvalue weighted by molar-refractivity contribution is -0.127. The highest BCUT2D eigenvalue weighted by atomic mass is 35.5. The molecule has 1 heterocycles. The first-order chi connectivity index (χ1) is 12.9. The molecule has 0 saturated heterocycles. The summed E-state index contributed by atoms with van der Waals surface area (Å²) >= 11 is 11.9. The number of hydrazine groups is 1. The van der Waals surface area contributed by atoms with Gasteiger partial charge in [-0.1, -0.05) is 30.1 Å². The summed E-state index contributed by atoms with van der Waals surface area (Å²) in [5.74, 6) is -0.209. The maximum absolute atomic E-state index is 12.8. The van der Waals surface area contributed by atoms with E-state index in [4.69, 9.17) is 27.9 Å². The number of carbonyl (C=O) groups excluding carboxylic acids is 2. The largest absolute Gasteiger partial charge is 0.483 e. The summed E-state index contributed by atoms with van der Waals surface area (Å²) in [5.41, 5.74) is 4.53. The molecule has 1 aliphatic rings. The number of aryl methyl sites for hydroxylation is 1. The summed E-state index contributed by atoms with van der Waals surface area (Å²) in [6, 6.07) is 10.2. The lowest BCUT2D eigenvalue weighted by Crippen LogP contribution is -2.57. The summed E-state index contributed by atoms with van der Waals surface area (Å²) in [6.07, 6.45) is 0.234. The number of rotatable bonds is 5. The highest BCUT2D eigenvalue weighted by Crippen LogP contribution is 2.28. The van der Waals surface area contributed by atoms with Crippen molar-refractivity contribution in [3.63, 3.8) is 0 Å². The van der Waals surface area contributed by atoms with Gasteiger partial charge in [-0.15, -0.1) is 0 Å². The van der Waals surface area contributed by atoms with Crippen molar-refractivity contribution in [2.75, 3.05) is 11.9 Å². The molecule has 0 saturated carbocycles. The van der Waals surface area contributed by atoms with Gasteiger partial charge in [-0.2, -0.15) is 0 Å². The fraction of sp³-hybridized carbons (Fsp3) is 0.263. The van der Waals surface area contributed by atoms with Gasteiger partial charge in [0, 0.05) is 15.7 Å². The summed E-state index contributed by atoms with van der Waals surface area (Å²) in [5, 5.41) is 5.55. The van der Waals surface area contributed by atoms with Gasteiger partial charge in [0.15, 0.2) is 6.61 Å². The molecule has 1 atom stereocenters. The van der Waals surface area contributed by atoms with Crippen LogP contribution in [0, 0.1) is 6.92 Å². The number of nitrogens with zero attached hydrogens (tertiary/aromatic N) is 1. The van der Waals surface area contributed by atoms with Crippen LogP contribution in [-0.2, 0) is 4.79 Å². The molecular formula is C19H19Cl2N3O3. The molecule has 2 amide bonds. The molecule has 27 heavy (non-hydrogen) atoms. The molecule has 1 aliphatic heterocycles. The van der Waals surface area contributed by atoms with Crippen LogP contribution in [0.1, 0.15) is 29.3 Å². The van der Waals surface area contributed by atoms with Crippen LogP contribution in [0.4, 0.5) is 5.69 Å². The SMILES string of the molecule is CCC1Nc2ccc(Cl)cc2C(=O)N1NC(=O)COc1ccc(Cl)cc1C. The lowest BCUT2D eigenvalue weighted by atomic mass is 10.1. The molecule has 6 nitrogen and oxygen atoms in total. The predicted molar refractivity (Wildman–Crippen MR) is 105 cm³/mol. The number of halogens is 2.